The fourth-order valence-corrected chi connectivity index (χ4v) is 4.08. The zero-order valence-electron chi connectivity index (χ0n) is 19.1. The van der Waals surface area contributed by atoms with Crippen LogP contribution in [-0.2, 0) is 4.79 Å². The molecule has 1 aliphatic rings. The summed E-state index contributed by atoms with van der Waals surface area (Å²) >= 11 is 0. The molecule has 1 aromatic carbocycles. The molecule has 1 saturated heterocycles. The SMILES string of the molecule is CCCN(CCC)CC(c1ccccc1)N1CCN(C(=O)C(O)C(C)(C)C)CC1. The van der Waals surface area contributed by atoms with Gasteiger partial charge in [0.2, 0.25) is 0 Å². The average Bonchev–Trinajstić information content (AvgIpc) is 2.71. The Morgan fingerprint density at radius 1 is 1.03 bits per heavy atom. The molecule has 0 spiro atoms. The normalized spacial score (nSPS) is 18.1. The van der Waals surface area contributed by atoms with E-state index < -0.39 is 11.5 Å². The molecule has 0 aromatic heterocycles. The highest BCUT2D eigenvalue weighted by atomic mass is 16.3. The number of nitrogens with zero attached hydrogens (tertiary/aromatic N) is 3. The van der Waals surface area contributed by atoms with Crippen LogP contribution in [0.1, 0.15) is 59.1 Å². The van der Waals surface area contributed by atoms with E-state index in [1.165, 1.54) is 5.56 Å². The quantitative estimate of drug-likeness (QED) is 0.686. The summed E-state index contributed by atoms with van der Waals surface area (Å²) in [4.78, 5) is 19.6. The minimum Gasteiger partial charge on any atom is -0.383 e. The maximum Gasteiger partial charge on any atom is 0.252 e. The molecule has 1 heterocycles. The van der Waals surface area contributed by atoms with Gasteiger partial charge in [0.1, 0.15) is 6.10 Å². The maximum atomic E-state index is 12.7. The van der Waals surface area contributed by atoms with Crippen LogP contribution in [0, 0.1) is 5.41 Å². The molecule has 164 valence electrons. The number of aliphatic hydroxyl groups excluding tert-OH is 1. The number of carbonyl (C=O) groups is 1. The molecule has 5 heteroatoms. The number of aliphatic hydroxyl groups is 1. The predicted octanol–water partition coefficient (Wildman–Crippen LogP) is 3.40. The van der Waals surface area contributed by atoms with Crippen LogP contribution in [0.4, 0.5) is 0 Å². The van der Waals surface area contributed by atoms with E-state index in [2.05, 4.69) is 54.0 Å². The zero-order valence-corrected chi connectivity index (χ0v) is 19.1. The summed E-state index contributed by atoms with van der Waals surface area (Å²) < 4.78 is 0. The molecule has 1 N–H and O–H groups in total. The van der Waals surface area contributed by atoms with Gasteiger partial charge in [0.25, 0.3) is 5.91 Å². The van der Waals surface area contributed by atoms with E-state index in [0.717, 1.165) is 45.6 Å². The van der Waals surface area contributed by atoms with Crippen LogP contribution < -0.4 is 0 Å². The molecule has 0 bridgehead atoms. The van der Waals surface area contributed by atoms with Gasteiger partial charge in [0.15, 0.2) is 0 Å². The summed E-state index contributed by atoms with van der Waals surface area (Å²) in [6.45, 7) is 16.5. The summed E-state index contributed by atoms with van der Waals surface area (Å²) in [6.07, 6.45) is 1.38. The number of benzene rings is 1. The van der Waals surface area contributed by atoms with Gasteiger partial charge in [-0.1, -0.05) is 65.0 Å². The largest absolute Gasteiger partial charge is 0.383 e. The van der Waals surface area contributed by atoms with Crippen LogP contribution in [0.3, 0.4) is 0 Å². The zero-order chi connectivity index (χ0) is 21.4. The Kier molecular flexibility index (Phi) is 9.12. The fraction of sp³-hybridized carbons (Fsp3) is 0.708. The van der Waals surface area contributed by atoms with E-state index in [-0.39, 0.29) is 5.91 Å². The highest BCUT2D eigenvalue weighted by Crippen LogP contribution is 2.26. The van der Waals surface area contributed by atoms with Crippen molar-refractivity contribution in [1.82, 2.24) is 14.7 Å². The third-order valence-electron chi connectivity index (χ3n) is 5.82. The Morgan fingerprint density at radius 3 is 2.07 bits per heavy atom. The molecular weight excluding hydrogens is 362 g/mol. The third-order valence-corrected chi connectivity index (χ3v) is 5.82. The smallest absolute Gasteiger partial charge is 0.252 e. The van der Waals surface area contributed by atoms with E-state index in [0.29, 0.717) is 19.1 Å². The summed E-state index contributed by atoms with van der Waals surface area (Å²) in [5.74, 6) is -0.132. The molecule has 0 radical (unpaired) electrons. The van der Waals surface area contributed by atoms with Crippen LogP contribution in [0.15, 0.2) is 30.3 Å². The molecule has 5 nitrogen and oxygen atoms in total. The second kappa shape index (κ2) is 11.1. The monoisotopic (exact) mass is 403 g/mol. The number of rotatable bonds is 9. The van der Waals surface area contributed by atoms with E-state index in [4.69, 9.17) is 0 Å². The summed E-state index contributed by atoms with van der Waals surface area (Å²) in [6, 6.07) is 11.1. The maximum absolute atomic E-state index is 12.7. The van der Waals surface area contributed by atoms with Crippen molar-refractivity contribution >= 4 is 5.91 Å². The molecule has 1 aromatic rings. The lowest BCUT2D eigenvalue weighted by molar-refractivity contribution is -0.148. The topological polar surface area (TPSA) is 47.0 Å². The summed E-state index contributed by atoms with van der Waals surface area (Å²) in [5, 5.41) is 10.4. The van der Waals surface area contributed by atoms with Gasteiger partial charge in [0, 0.05) is 38.8 Å². The predicted molar refractivity (Wildman–Crippen MR) is 120 cm³/mol. The highest BCUT2D eigenvalue weighted by molar-refractivity contribution is 5.81. The Hall–Kier alpha value is -1.43. The standard InChI is InChI=1S/C24H41N3O2/c1-6-13-25(14-7-2)19-21(20-11-9-8-10-12-20)26-15-17-27(18-16-26)23(29)22(28)24(3,4)5/h8-12,21-22,28H,6-7,13-19H2,1-5H3. The van der Waals surface area contributed by atoms with Crippen molar-refractivity contribution in [3.05, 3.63) is 35.9 Å². The minimum atomic E-state index is -0.941. The number of carbonyl (C=O) groups excluding carboxylic acids is 1. The molecule has 2 unspecified atom stereocenters. The fourth-order valence-electron chi connectivity index (χ4n) is 4.08. The molecule has 0 saturated carbocycles. The van der Waals surface area contributed by atoms with Gasteiger partial charge < -0.3 is 14.9 Å². The van der Waals surface area contributed by atoms with Crippen LogP contribution >= 0.6 is 0 Å². The van der Waals surface area contributed by atoms with Gasteiger partial charge in [-0.15, -0.1) is 0 Å². The van der Waals surface area contributed by atoms with Crippen molar-refractivity contribution in [3.63, 3.8) is 0 Å². The van der Waals surface area contributed by atoms with Gasteiger partial charge in [-0.2, -0.15) is 0 Å². The van der Waals surface area contributed by atoms with Gasteiger partial charge >= 0.3 is 0 Å². The van der Waals surface area contributed by atoms with Gasteiger partial charge in [-0.3, -0.25) is 9.69 Å². The lowest BCUT2D eigenvalue weighted by atomic mass is 9.88. The van der Waals surface area contributed by atoms with Crippen molar-refractivity contribution in [2.24, 2.45) is 5.41 Å². The number of piperazine rings is 1. The van der Waals surface area contributed by atoms with Gasteiger partial charge in [0.05, 0.1) is 0 Å². The van der Waals surface area contributed by atoms with E-state index in [1.54, 1.807) is 0 Å². The first kappa shape index (κ1) is 23.8. The highest BCUT2D eigenvalue weighted by Gasteiger charge is 2.35. The molecule has 0 aliphatic carbocycles. The molecule has 2 atom stereocenters. The first-order valence-corrected chi connectivity index (χ1v) is 11.3. The molecule has 29 heavy (non-hydrogen) atoms. The Morgan fingerprint density at radius 2 is 1.59 bits per heavy atom. The number of hydrogen-bond acceptors (Lipinski definition) is 4. The van der Waals surface area contributed by atoms with Crippen molar-refractivity contribution in [3.8, 4) is 0 Å². The Balaban J connectivity index is 2.08. The van der Waals surface area contributed by atoms with Gasteiger partial charge in [-0.25, -0.2) is 0 Å². The minimum absolute atomic E-state index is 0.132. The first-order chi connectivity index (χ1) is 13.8. The number of amides is 1. The van der Waals surface area contributed by atoms with Crippen LogP contribution in [0.2, 0.25) is 0 Å². The van der Waals surface area contributed by atoms with Gasteiger partial charge in [-0.05, 0) is 36.9 Å². The Bertz CT molecular complexity index is 600. The average molecular weight is 404 g/mol. The van der Waals surface area contributed by atoms with Crippen molar-refractivity contribution < 1.29 is 9.90 Å². The molecular formula is C24H41N3O2. The van der Waals surface area contributed by atoms with Crippen molar-refractivity contribution in [2.75, 3.05) is 45.8 Å². The lowest BCUT2D eigenvalue weighted by Gasteiger charge is -2.42. The number of hydrogen-bond donors (Lipinski definition) is 1. The molecule has 1 fully saturated rings. The van der Waals surface area contributed by atoms with E-state index >= 15 is 0 Å². The first-order valence-electron chi connectivity index (χ1n) is 11.3. The van der Waals surface area contributed by atoms with E-state index in [9.17, 15) is 9.90 Å². The summed E-state index contributed by atoms with van der Waals surface area (Å²) in [5.41, 5.74) is 0.918. The molecule has 1 aliphatic heterocycles. The van der Waals surface area contributed by atoms with Crippen LogP contribution in [0.5, 0.6) is 0 Å². The van der Waals surface area contributed by atoms with Crippen molar-refractivity contribution in [2.45, 2.75) is 59.6 Å². The third kappa shape index (κ3) is 6.80. The lowest BCUT2D eigenvalue weighted by Crippen LogP contribution is -2.55. The molecule has 2 rings (SSSR count). The van der Waals surface area contributed by atoms with Crippen molar-refractivity contribution in [1.29, 1.82) is 0 Å². The Labute approximate surface area is 177 Å². The van der Waals surface area contributed by atoms with Crippen LogP contribution in [-0.4, -0.2) is 77.6 Å². The second-order valence-corrected chi connectivity index (χ2v) is 9.36. The van der Waals surface area contributed by atoms with E-state index in [1.807, 2.05) is 25.7 Å². The second-order valence-electron chi connectivity index (χ2n) is 9.36. The van der Waals surface area contributed by atoms with Crippen LogP contribution in [0.25, 0.3) is 0 Å². The molecule has 1 amide bonds. The summed E-state index contributed by atoms with van der Waals surface area (Å²) in [7, 11) is 0.